The zero-order chi connectivity index (χ0) is 15.8. The van der Waals surface area contributed by atoms with Gasteiger partial charge in [0.05, 0.1) is 0 Å². The number of nitrogens with zero attached hydrogens (tertiary/aromatic N) is 2. The minimum Gasteiger partial charge on any atom is -0.357 e. The van der Waals surface area contributed by atoms with E-state index in [4.69, 9.17) is 0 Å². The van der Waals surface area contributed by atoms with E-state index in [0.29, 0.717) is 16.9 Å². The fraction of sp³-hybridized carbons (Fsp3) is 0.500. The van der Waals surface area contributed by atoms with Crippen molar-refractivity contribution in [2.24, 2.45) is 0 Å². The summed E-state index contributed by atoms with van der Waals surface area (Å²) in [5.41, 5.74) is 1.53. The van der Waals surface area contributed by atoms with Gasteiger partial charge in [0.25, 0.3) is 0 Å². The third kappa shape index (κ3) is 3.03. The number of pyridine rings is 1. The Balaban J connectivity index is 1.57. The van der Waals surface area contributed by atoms with Crippen LogP contribution in [-0.2, 0) is 6.54 Å². The van der Waals surface area contributed by atoms with Gasteiger partial charge in [-0.25, -0.2) is 4.39 Å². The van der Waals surface area contributed by atoms with Crippen molar-refractivity contribution >= 4 is 10.9 Å². The summed E-state index contributed by atoms with van der Waals surface area (Å²) in [5, 5.41) is 0.423. The Labute approximate surface area is 134 Å². The highest BCUT2D eigenvalue weighted by Crippen LogP contribution is 2.22. The van der Waals surface area contributed by atoms with Crippen molar-refractivity contribution in [3.8, 4) is 0 Å². The largest absolute Gasteiger partial charge is 0.357 e. The number of H-pyrrole nitrogens is 1. The second-order valence-corrected chi connectivity index (χ2v) is 6.77. The van der Waals surface area contributed by atoms with Gasteiger partial charge < -0.3 is 4.98 Å². The standard InChI is InChI=1S/C18H22FN3O/c19-13-4-5-17-16(9-13)18(23)10-14(20-17)11-21-6-2-8-22-7-1-3-15(22)12-21/h4-5,9-10,15H,1-3,6-8,11-12H2,(H,20,23)/t15-/m0/s1. The van der Waals surface area contributed by atoms with E-state index in [-0.39, 0.29) is 11.2 Å². The predicted molar refractivity (Wildman–Crippen MR) is 89.0 cm³/mol. The summed E-state index contributed by atoms with van der Waals surface area (Å²) in [6, 6.07) is 6.64. The van der Waals surface area contributed by atoms with E-state index in [0.717, 1.165) is 25.3 Å². The van der Waals surface area contributed by atoms with Crippen LogP contribution in [0.25, 0.3) is 10.9 Å². The van der Waals surface area contributed by atoms with E-state index in [9.17, 15) is 9.18 Å². The van der Waals surface area contributed by atoms with Crippen molar-refractivity contribution in [1.82, 2.24) is 14.8 Å². The maximum Gasteiger partial charge on any atom is 0.189 e. The first-order valence-electron chi connectivity index (χ1n) is 8.47. The summed E-state index contributed by atoms with van der Waals surface area (Å²) in [6.45, 7) is 5.32. The van der Waals surface area contributed by atoms with Crippen LogP contribution in [0.15, 0.2) is 29.1 Å². The third-order valence-electron chi connectivity index (χ3n) is 5.13. The average Bonchev–Trinajstić information content (AvgIpc) is 2.87. The first kappa shape index (κ1) is 14.8. The molecule has 0 unspecified atom stereocenters. The minimum atomic E-state index is -0.371. The van der Waals surface area contributed by atoms with Crippen LogP contribution in [0.4, 0.5) is 4.39 Å². The maximum atomic E-state index is 13.3. The Hall–Kier alpha value is -1.72. The van der Waals surface area contributed by atoms with Crippen molar-refractivity contribution < 1.29 is 4.39 Å². The summed E-state index contributed by atoms with van der Waals surface area (Å²) in [6.07, 6.45) is 3.76. The van der Waals surface area contributed by atoms with Crippen LogP contribution in [0.3, 0.4) is 0 Å². The molecule has 2 aliphatic heterocycles. The number of hydrogen-bond donors (Lipinski definition) is 1. The SMILES string of the molecule is O=c1cc(CN2CCCN3CCC[C@H]3C2)[nH]c2ccc(F)cc12. The molecule has 4 rings (SSSR count). The first-order valence-corrected chi connectivity index (χ1v) is 8.47. The van der Waals surface area contributed by atoms with Crippen LogP contribution in [0.1, 0.15) is 25.0 Å². The van der Waals surface area contributed by atoms with E-state index >= 15 is 0 Å². The molecule has 122 valence electrons. The average molecular weight is 315 g/mol. The number of aromatic amines is 1. The molecule has 1 atom stereocenters. The van der Waals surface area contributed by atoms with Gasteiger partial charge in [-0.3, -0.25) is 14.6 Å². The Morgan fingerprint density at radius 2 is 2.04 bits per heavy atom. The zero-order valence-corrected chi connectivity index (χ0v) is 13.2. The molecule has 2 saturated heterocycles. The molecule has 3 heterocycles. The quantitative estimate of drug-likeness (QED) is 0.924. The number of aromatic nitrogens is 1. The summed E-state index contributed by atoms with van der Waals surface area (Å²) >= 11 is 0. The molecule has 0 amide bonds. The topological polar surface area (TPSA) is 39.3 Å². The van der Waals surface area contributed by atoms with Crippen molar-refractivity contribution in [2.75, 3.05) is 26.2 Å². The van der Waals surface area contributed by atoms with Crippen molar-refractivity contribution in [1.29, 1.82) is 0 Å². The molecule has 4 nitrogen and oxygen atoms in total. The molecule has 1 N–H and O–H groups in total. The second kappa shape index (κ2) is 6.06. The molecule has 0 radical (unpaired) electrons. The van der Waals surface area contributed by atoms with E-state index in [1.165, 1.54) is 44.5 Å². The van der Waals surface area contributed by atoms with Gasteiger partial charge in [0, 0.05) is 41.8 Å². The highest BCUT2D eigenvalue weighted by molar-refractivity contribution is 5.78. The summed E-state index contributed by atoms with van der Waals surface area (Å²) in [7, 11) is 0. The van der Waals surface area contributed by atoms with Gasteiger partial charge in [-0.15, -0.1) is 0 Å². The van der Waals surface area contributed by atoms with Crippen molar-refractivity contribution in [3.05, 3.63) is 46.0 Å². The molecule has 2 fully saturated rings. The van der Waals surface area contributed by atoms with Gasteiger partial charge in [0.2, 0.25) is 0 Å². The molecule has 0 spiro atoms. The molecule has 23 heavy (non-hydrogen) atoms. The molecule has 0 bridgehead atoms. The Bertz CT molecular complexity index is 772. The zero-order valence-electron chi connectivity index (χ0n) is 13.2. The van der Waals surface area contributed by atoms with Gasteiger partial charge in [-0.1, -0.05) is 0 Å². The normalized spacial score (nSPS) is 23.1. The Kier molecular flexibility index (Phi) is 3.91. The lowest BCUT2D eigenvalue weighted by Gasteiger charge is -2.25. The van der Waals surface area contributed by atoms with Crippen molar-refractivity contribution in [3.63, 3.8) is 0 Å². The monoisotopic (exact) mass is 315 g/mol. The number of rotatable bonds is 2. The molecule has 1 aromatic heterocycles. The molecule has 5 heteroatoms. The highest BCUT2D eigenvalue weighted by atomic mass is 19.1. The minimum absolute atomic E-state index is 0.106. The van der Waals surface area contributed by atoms with Crippen LogP contribution in [0.2, 0.25) is 0 Å². The second-order valence-electron chi connectivity index (χ2n) is 6.77. The molecular formula is C18H22FN3O. The summed E-state index contributed by atoms with van der Waals surface area (Å²) in [5.74, 6) is -0.371. The van der Waals surface area contributed by atoms with Gasteiger partial charge >= 0.3 is 0 Å². The summed E-state index contributed by atoms with van der Waals surface area (Å²) in [4.78, 5) is 20.6. The predicted octanol–water partition coefficient (Wildman–Crippen LogP) is 2.34. The number of hydrogen-bond acceptors (Lipinski definition) is 3. The summed E-state index contributed by atoms with van der Waals surface area (Å²) < 4.78 is 13.3. The molecule has 2 aromatic rings. The van der Waals surface area contributed by atoms with Crippen molar-refractivity contribution in [2.45, 2.75) is 31.8 Å². The number of halogens is 1. The van der Waals surface area contributed by atoms with Gasteiger partial charge in [0.1, 0.15) is 5.82 Å². The smallest absolute Gasteiger partial charge is 0.189 e. The lowest BCUT2D eigenvalue weighted by molar-refractivity contribution is 0.214. The lowest BCUT2D eigenvalue weighted by Crippen LogP contribution is -2.36. The molecular weight excluding hydrogens is 293 g/mol. The van der Waals surface area contributed by atoms with E-state index < -0.39 is 0 Å². The Morgan fingerprint density at radius 1 is 1.17 bits per heavy atom. The van der Waals surface area contributed by atoms with Crippen LogP contribution < -0.4 is 5.43 Å². The van der Waals surface area contributed by atoms with Crippen LogP contribution in [0, 0.1) is 5.82 Å². The third-order valence-corrected chi connectivity index (χ3v) is 5.13. The highest BCUT2D eigenvalue weighted by Gasteiger charge is 2.28. The van der Waals surface area contributed by atoms with Crippen LogP contribution >= 0.6 is 0 Å². The fourth-order valence-electron chi connectivity index (χ4n) is 4.03. The molecule has 0 saturated carbocycles. The van der Waals surface area contributed by atoms with Gasteiger partial charge in [-0.2, -0.15) is 0 Å². The van der Waals surface area contributed by atoms with E-state index in [1.54, 1.807) is 12.1 Å². The van der Waals surface area contributed by atoms with Crippen LogP contribution in [0.5, 0.6) is 0 Å². The molecule has 2 aliphatic rings. The lowest BCUT2D eigenvalue weighted by atomic mass is 10.1. The number of benzene rings is 1. The number of nitrogens with one attached hydrogen (secondary N) is 1. The van der Waals surface area contributed by atoms with Crippen LogP contribution in [-0.4, -0.2) is 47.0 Å². The van der Waals surface area contributed by atoms with Gasteiger partial charge in [0.15, 0.2) is 5.43 Å². The molecule has 1 aromatic carbocycles. The molecule has 0 aliphatic carbocycles. The Morgan fingerprint density at radius 3 is 2.96 bits per heavy atom. The van der Waals surface area contributed by atoms with E-state index in [1.807, 2.05) is 0 Å². The van der Waals surface area contributed by atoms with Gasteiger partial charge in [-0.05, 0) is 57.1 Å². The first-order chi connectivity index (χ1) is 11.2. The number of fused-ring (bicyclic) bond motifs is 2. The van der Waals surface area contributed by atoms with E-state index in [2.05, 4.69) is 14.8 Å². The maximum absolute atomic E-state index is 13.3. The fourth-order valence-corrected chi connectivity index (χ4v) is 4.03.